The number of carbonyl (C=O) groups excluding carboxylic acids is 1. The Balaban J connectivity index is 1.89. The van der Waals surface area contributed by atoms with Crippen LogP contribution in [-0.4, -0.2) is 29.8 Å². The number of hydrogen-bond donors (Lipinski definition) is 2. The van der Waals surface area contributed by atoms with Gasteiger partial charge in [-0.2, -0.15) is 0 Å². The van der Waals surface area contributed by atoms with Gasteiger partial charge in [0.1, 0.15) is 5.75 Å². The van der Waals surface area contributed by atoms with E-state index in [4.69, 9.17) is 4.74 Å². The van der Waals surface area contributed by atoms with Crippen molar-refractivity contribution in [3.05, 3.63) is 29.8 Å². The molecule has 1 aromatic rings. The van der Waals surface area contributed by atoms with E-state index in [-0.39, 0.29) is 18.1 Å². The predicted octanol–water partition coefficient (Wildman–Crippen LogP) is 2.44. The van der Waals surface area contributed by atoms with Gasteiger partial charge in [0.05, 0.1) is 18.8 Å². The zero-order chi connectivity index (χ0) is 15.1. The quantitative estimate of drug-likeness (QED) is 0.811. The van der Waals surface area contributed by atoms with E-state index in [1.54, 1.807) is 0 Å². The standard InChI is InChI=1S/C17H25NO3/c1-2-21-15-8-4-3-7-14(15)9-10-16(20)18-17(13-19)11-5-6-12-17/h3-4,7-8,19H,2,5-6,9-13H2,1H3,(H,18,20). The topological polar surface area (TPSA) is 58.6 Å². The summed E-state index contributed by atoms with van der Waals surface area (Å²) in [6.07, 6.45) is 4.99. The van der Waals surface area contributed by atoms with Gasteiger partial charge in [-0.3, -0.25) is 4.79 Å². The Morgan fingerprint density at radius 2 is 2.05 bits per heavy atom. The van der Waals surface area contributed by atoms with Gasteiger partial charge in [0.2, 0.25) is 5.91 Å². The highest BCUT2D eigenvalue weighted by Gasteiger charge is 2.34. The van der Waals surface area contributed by atoms with Gasteiger partial charge in [-0.05, 0) is 37.8 Å². The minimum atomic E-state index is -0.378. The maximum absolute atomic E-state index is 12.1. The van der Waals surface area contributed by atoms with Crippen molar-refractivity contribution >= 4 is 5.91 Å². The van der Waals surface area contributed by atoms with Gasteiger partial charge in [-0.15, -0.1) is 0 Å². The second-order valence-electron chi connectivity index (χ2n) is 5.73. The lowest BCUT2D eigenvalue weighted by Gasteiger charge is -2.28. The summed E-state index contributed by atoms with van der Waals surface area (Å²) in [7, 11) is 0. The lowest BCUT2D eigenvalue weighted by Crippen LogP contribution is -2.49. The van der Waals surface area contributed by atoms with Crippen molar-refractivity contribution in [2.45, 2.75) is 51.0 Å². The monoisotopic (exact) mass is 291 g/mol. The number of hydrogen-bond acceptors (Lipinski definition) is 3. The second-order valence-corrected chi connectivity index (χ2v) is 5.73. The molecule has 0 spiro atoms. The Labute approximate surface area is 126 Å². The van der Waals surface area contributed by atoms with E-state index in [1.807, 2.05) is 31.2 Å². The average molecular weight is 291 g/mol. The molecule has 0 unspecified atom stereocenters. The number of carbonyl (C=O) groups is 1. The van der Waals surface area contributed by atoms with Crippen molar-refractivity contribution < 1.29 is 14.6 Å². The van der Waals surface area contributed by atoms with E-state index in [2.05, 4.69) is 5.32 Å². The zero-order valence-corrected chi connectivity index (χ0v) is 12.7. The second kappa shape index (κ2) is 7.46. The van der Waals surface area contributed by atoms with Gasteiger partial charge < -0.3 is 15.2 Å². The molecule has 2 rings (SSSR count). The van der Waals surface area contributed by atoms with Gasteiger partial charge in [-0.25, -0.2) is 0 Å². The molecular formula is C17H25NO3. The van der Waals surface area contributed by atoms with Gasteiger partial charge in [0.15, 0.2) is 0 Å². The molecule has 0 aliphatic heterocycles. The highest BCUT2D eigenvalue weighted by Crippen LogP contribution is 2.29. The average Bonchev–Trinajstić information content (AvgIpc) is 2.96. The molecule has 21 heavy (non-hydrogen) atoms. The summed E-state index contributed by atoms with van der Waals surface area (Å²) in [5, 5.41) is 12.6. The first-order chi connectivity index (χ1) is 10.2. The van der Waals surface area contributed by atoms with Gasteiger partial charge in [0, 0.05) is 6.42 Å². The number of rotatable bonds is 7. The van der Waals surface area contributed by atoms with Gasteiger partial charge in [0.25, 0.3) is 0 Å². The Kier molecular flexibility index (Phi) is 5.62. The molecule has 0 radical (unpaired) electrons. The van der Waals surface area contributed by atoms with Crippen LogP contribution >= 0.6 is 0 Å². The molecule has 1 fully saturated rings. The molecule has 0 saturated heterocycles. The van der Waals surface area contributed by atoms with Gasteiger partial charge in [-0.1, -0.05) is 31.0 Å². The third-order valence-electron chi connectivity index (χ3n) is 4.16. The van der Waals surface area contributed by atoms with E-state index in [0.717, 1.165) is 37.0 Å². The third-order valence-corrected chi connectivity index (χ3v) is 4.16. The normalized spacial score (nSPS) is 16.7. The van der Waals surface area contributed by atoms with Crippen LogP contribution in [0, 0.1) is 0 Å². The first-order valence-corrected chi connectivity index (χ1v) is 7.82. The number of aryl methyl sites for hydroxylation is 1. The molecule has 116 valence electrons. The van der Waals surface area contributed by atoms with Crippen LogP contribution in [0.15, 0.2) is 24.3 Å². The fraction of sp³-hybridized carbons (Fsp3) is 0.588. The minimum Gasteiger partial charge on any atom is -0.494 e. The van der Waals surface area contributed by atoms with E-state index in [1.165, 1.54) is 0 Å². The molecule has 1 aliphatic carbocycles. The fourth-order valence-corrected chi connectivity index (χ4v) is 2.99. The highest BCUT2D eigenvalue weighted by molar-refractivity contribution is 5.77. The summed E-state index contributed by atoms with van der Waals surface area (Å²) < 4.78 is 5.57. The maximum Gasteiger partial charge on any atom is 0.220 e. The summed E-state index contributed by atoms with van der Waals surface area (Å²) >= 11 is 0. The molecule has 4 heteroatoms. The predicted molar refractivity (Wildman–Crippen MR) is 82.4 cm³/mol. The van der Waals surface area contributed by atoms with Crippen molar-refractivity contribution in [3.63, 3.8) is 0 Å². The van der Waals surface area contributed by atoms with Crippen LogP contribution in [0.2, 0.25) is 0 Å². The van der Waals surface area contributed by atoms with Crippen molar-refractivity contribution in [1.82, 2.24) is 5.32 Å². The van der Waals surface area contributed by atoms with E-state index in [9.17, 15) is 9.90 Å². The number of para-hydroxylation sites is 1. The number of amides is 1. The van der Waals surface area contributed by atoms with E-state index >= 15 is 0 Å². The Morgan fingerprint density at radius 3 is 2.71 bits per heavy atom. The molecule has 4 nitrogen and oxygen atoms in total. The zero-order valence-electron chi connectivity index (χ0n) is 12.7. The molecule has 2 N–H and O–H groups in total. The number of nitrogens with one attached hydrogen (secondary N) is 1. The molecule has 1 aromatic carbocycles. The van der Waals surface area contributed by atoms with Crippen LogP contribution in [0.25, 0.3) is 0 Å². The van der Waals surface area contributed by atoms with Crippen LogP contribution < -0.4 is 10.1 Å². The summed E-state index contributed by atoms with van der Waals surface area (Å²) in [5.74, 6) is 0.864. The first-order valence-electron chi connectivity index (χ1n) is 7.82. The largest absolute Gasteiger partial charge is 0.494 e. The summed E-state index contributed by atoms with van der Waals surface area (Å²) in [4.78, 5) is 12.1. The minimum absolute atomic E-state index is 0.0113. The summed E-state index contributed by atoms with van der Waals surface area (Å²) in [6, 6.07) is 7.83. The Hall–Kier alpha value is -1.55. The maximum atomic E-state index is 12.1. The summed E-state index contributed by atoms with van der Waals surface area (Å²) in [5.41, 5.74) is 0.676. The molecule has 0 atom stereocenters. The molecule has 1 amide bonds. The smallest absolute Gasteiger partial charge is 0.220 e. The van der Waals surface area contributed by atoms with Crippen molar-refractivity contribution in [2.75, 3.05) is 13.2 Å². The lowest BCUT2D eigenvalue weighted by molar-refractivity contribution is -0.123. The van der Waals surface area contributed by atoms with Crippen LogP contribution in [-0.2, 0) is 11.2 Å². The number of ether oxygens (including phenoxy) is 1. The van der Waals surface area contributed by atoms with E-state index < -0.39 is 0 Å². The third kappa shape index (κ3) is 4.21. The fourth-order valence-electron chi connectivity index (χ4n) is 2.99. The molecule has 0 aromatic heterocycles. The van der Waals surface area contributed by atoms with Crippen LogP contribution in [0.1, 0.15) is 44.6 Å². The molecule has 1 saturated carbocycles. The van der Waals surface area contributed by atoms with Crippen LogP contribution in [0.4, 0.5) is 0 Å². The highest BCUT2D eigenvalue weighted by atomic mass is 16.5. The van der Waals surface area contributed by atoms with Crippen LogP contribution in [0.5, 0.6) is 5.75 Å². The SMILES string of the molecule is CCOc1ccccc1CCC(=O)NC1(CO)CCCC1. The number of aliphatic hydroxyl groups excluding tert-OH is 1. The van der Waals surface area contributed by atoms with Crippen molar-refractivity contribution in [1.29, 1.82) is 0 Å². The molecular weight excluding hydrogens is 266 g/mol. The van der Waals surface area contributed by atoms with Gasteiger partial charge >= 0.3 is 0 Å². The Bertz CT molecular complexity index is 467. The number of benzene rings is 1. The lowest BCUT2D eigenvalue weighted by atomic mass is 9.98. The van der Waals surface area contributed by atoms with E-state index in [0.29, 0.717) is 19.4 Å². The first kappa shape index (κ1) is 15.8. The van der Waals surface area contributed by atoms with Crippen molar-refractivity contribution in [3.8, 4) is 5.75 Å². The molecule has 0 bridgehead atoms. The van der Waals surface area contributed by atoms with Crippen LogP contribution in [0.3, 0.4) is 0 Å². The number of aliphatic hydroxyl groups is 1. The Morgan fingerprint density at radius 1 is 1.33 bits per heavy atom. The molecule has 1 aliphatic rings. The molecule has 0 heterocycles. The van der Waals surface area contributed by atoms with Crippen molar-refractivity contribution in [2.24, 2.45) is 0 Å². The summed E-state index contributed by atoms with van der Waals surface area (Å²) in [6.45, 7) is 2.61.